The Morgan fingerprint density at radius 1 is 1.35 bits per heavy atom. The number of alkyl carbamates (subject to hydrolysis) is 1. The molecule has 2 amide bonds. The minimum absolute atomic E-state index is 0.226. The molecule has 6 heteroatoms. The normalized spacial score (nSPS) is 18.0. The van der Waals surface area contributed by atoms with E-state index in [1.54, 1.807) is 33.8 Å². The summed E-state index contributed by atoms with van der Waals surface area (Å²) in [4.78, 5) is 23.9. The summed E-state index contributed by atoms with van der Waals surface area (Å²) in [6.07, 6.45) is 0.611. The fourth-order valence-electron chi connectivity index (χ4n) is 2.61. The molecule has 0 radical (unpaired) electrons. The maximum Gasteiger partial charge on any atom is 0.408 e. The monoisotopic (exact) mass is 322 g/mol. The average Bonchev–Trinajstić information content (AvgIpc) is 2.81. The van der Waals surface area contributed by atoms with Gasteiger partial charge in [0, 0.05) is 0 Å². The van der Waals surface area contributed by atoms with Crippen LogP contribution in [0.25, 0.3) is 0 Å². The summed E-state index contributed by atoms with van der Waals surface area (Å²) in [6.45, 7) is 6.84. The van der Waals surface area contributed by atoms with Crippen LogP contribution >= 0.6 is 0 Å². The molecule has 126 valence electrons. The summed E-state index contributed by atoms with van der Waals surface area (Å²) in [7, 11) is 0. The fourth-order valence-corrected chi connectivity index (χ4v) is 2.61. The topological polar surface area (TPSA) is 67.4 Å². The van der Waals surface area contributed by atoms with E-state index in [4.69, 9.17) is 4.74 Å². The smallest absolute Gasteiger partial charge is 0.408 e. The molecule has 1 aliphatic rings. The van der Waals surface area contributed by atoms with Gasteiger partial charge in [0.1, 0.15) is 17.5 Å². The van der Waals surface area contributed by atoms with Gasteiger partial charge < -0.3 is 15.4 Å². The quantitative estimate of drug-likeness (QED) is 0.899. The van der Waals surface area contributed by atoms with Gasteiger partial charge >= 0.3 is 6.09 Å². The molecule has 0 aromatic heterocycles. The molecule has 5 nitrogen and oxygen atoms in total. The lowest BCUT2D eigenvalue weighted by molar-refractivity contribution is -0.123. The van der Waals surface area contributed by atoms with Gasteiger partial charge in [-0.25, -0.2) is 9.18 Å². The maximum atomic E-state index is 13.7. The first-order valence-electron chi connectivity index (χ1n) is 7.74. The Morgan fingerprint density at radius 2 is 2.04 bits per heavy atom. The SMILES string of the molecule is C[C@@H](NC(=O)OC(C)(C)C)C(=O)N[C@@H]1CCc2c(F)cccc21. The van der Waals surface area contributed by atoms with Crippen molar-refractivity contribution in [3.63, 3.8) is 0 Å². The number of carbonyl (C=O) groups is 2. The Morgan fingerprint density at radius 3 is 2.70 bits per heavy atom. The minimum Gasteiger partial charge on any atom is -0.444 e. The lowest BCUT2D eigenvalue weighted by atomic mass is 10.1. The zero-order chi connectivity index (χ0) is 17.2. The molecular formula is C17H23FN2O3. The fraction of sp³-hybridized carbons (Fsp3) is 0.529. The number of carbonyl (C=O) groups excluding carboxylic acids is 2. The van der Waals surface area contributed by atoms with E-state index >= 15 is 0 Å². The molecular weight excluding hydrogens is 299 g/mol. The maximum absolute atomic E-state index is 13.7. The third-order valence-corrected chi connectivity index (χ3v) is 3.66. The van der Waals surface area contributed by atoms with Gasteiger partial charge in [-0.05, 0) is 57.7 Å². The highest BCUT2D eigenvalue weighted by atomic mass is 19.1. The van der Waals surface area contributed by atoms with Gasteiger partial charge in [-0.15, -0.1) is 0 Å². The lowest BCUT2D eigenvalue weighted by Crippen LogP contribution is -2.47. The summed E-state index contributed by atoms with van der Waals surface area (Å²) in [5.74, 6) is -0.558. The van der Waals surface area contributed by atoms with Gasteiger partial charge in [-0.2, -0.15) is 0 Å². The van der Waals surface area contributed by atoms with E-state index in [2.05, 4.69) is 10.6 Å². The Balaban J connectivity index is 1.93. The molecule has 1 aromatic carbocycles. The van der Waals surface area contributed by atoms with Gasteiger partial charge in [0.15, 0.2) is 0 Å². The highest BCUT2D eigenvalue weighted by Gasteiger charge is 2.28. The van der Waals surface area contributed by atoms with Crippen LogP contribution in [0.5, 0.6) is 0 Å². The van der Waals surface area contributed by atoms with Crippen LogP contribution in [-0.4, -0.2) is 23.6 Å². The molecule has 0 aliphatic heterocycles. The second-order valence-corrected chi connectivity index (χ2v) is 6.78. The molecule has 23 heavy (non-hydrogen) atoms. The van der Waals surface area contributed by atoms with Crippen molar-refractivity contribution in [1.82, 2.24) is 10.6 Å². The molecule has 0 saturated carbocycles. The number of amides is 2. The first kappa shape index (κ1) is 17.2. The number of halogens is 1. The Labute approximate surface area is 135 Å². The molecule has 0 spiro atoms. The van der Waals surface area contributed by atoms with Crippen molar-refractivity contribution < 1.29 is 18.7 Å². The van der Waals surface area contributed by atoms with Crippen LogP contribution in [0.1, 0.15) is 51.3 Å². The number of fused-ring (bicyclic) bond motifs is 1. The van der Waals surface area contributed by atoms with Crippen molar-refractivity contribution >= 4 is 12.0 Å². The lowest BCUT2D eigenvalue weighted by Gasteiger charge is -2.22. The van der Waals surface area contributed by atoms with Gasteiger partial charge in [-0.1, -0.05) is 12.1 Å². The van der Waals surface area contributed by atoms with E-state index in [9.17, 15) is 14.0 Å². The minimum atomic E-state index is -0.734. The van der Waals surface area contributed by atoms with E-state index in [1.807, 2.05) is 6.07 Å². The Bertz CT molecular complexity index is 610. The van der Waals surface area contributed by atoms with Gasteiger partial charge in [0.2, 0.25) is 5.91 Å². The second kappa shape index (κ2) is 6.56. The number of nitrogens with one attached hydrogen (secondary N) is 2. The first-order valence-corrected chi connectivity index (χ1v) is 7.74. The van der Waals surface area contributed by atoms with Crippen LogP contribution < -0.4 is 10.6 Å². The van der Waals surface area contributed by atoms with Crippen LogP contribution in [0, 0.1) is 5.82 Å². The standard InChI is InChI=1S/C17H23FN2O3/c1-10(19-16(22)23-17(2,3)4)15(21)20-14-9-8-11-12(14)6-5-7-13(11)18/h5-7,10,14H,8-9H2,1-4H3,(H,19,22)(H,20,21)/t10-,14-/m1/s1. The second-order valence-electron chi connectivity index (χ2n) is 6.78. The molecule has 1 aliphatic carbocycles. The van der Waals surface area contributed by atoms with Crippen LogP contribution in [-0.2, 0) is 16.0 Å². The van der Waals surface area contributed by atoms with E-state index in [0.717, 1.165) is 5.56 Å². The summed E-state index contributed by atoms with van der Waals surface area (Å²) in [5, 5.41) is 5.35. The van der Waals surface area contributed by atoms with Gasteiger partial charge in [0.05, 0.1) is 6.04 Å². The third kappa shape index (κ3) is 4.43. The summed E-state index contributed by atoms with van der Waals surface area (Å²) in [5.41, 5.74) is 0.843. The summed E-state index contributed by atoms with van der Waals surface area (Å²) >= 11 is 0. The first-order chi connectivity index (χ1) is 10.7. The van der Waals surface area contributed by atoms with Crippen molar-refractivity contribution in [2.75, 3.05) is 0 Å². The molecule has 2 rings (SSSR count). The Hall–Kier alpha value is -2.11. The Kier molecular flexibility index (Phi) is 4.92. The molecule has 0 heterocycles. The molecule has 0 unspecified atom stereocenters. The van der Waals surface area contributed by atoms with Crippen LogP contribution in [0.3, 0.4) is 0 Å². The zero-order valence-electron chi connectivity index (χ0n) is 13.9. The van der Waals surface area contributed by atoms with Crippen LogP contribution in [0.15, 0.2) is 18.2 Å². The zero-order valence-corrected chi connectivity index (χ0v) is 13.9. The van der Waals surface area contributed by atoms with Crippen LogP contribution in [0.2, 0.25) is 0 Å². The predicted octanol–water partition coefficient (Wildman–Crippen LogP) is 2.84. The van der Waals surface area contributed by atoms with E-state index in [1.165, 1.54) is 6.07 Å². The predicted molar refractivity (Wildman–Crippen MR) is 84.4 cm³/mol. The van der Waals surface area contributed by atoms with Crippen molar-refractivity contribution in [2.24, 2.45) is 0 Å². The number of hydrogen-bond donors (Lipinski definition) is 2. The number of benzene rings is 1. The van der Waals surface area contributed by atoms with E-state index in [0.29, 0.717) is 18.4 Å². The number of ether oxygens (including phenoxy) is 1. The molecule has 1 aromatic rings. The number of rotatable bonds is 3. The van der Waals surface area contributed by atoms with E-state index < -0.39 is 17.7 Å². The van der Waals surface area contributed by atoms with Crippen molar-refractivity contribution in [1.29, 1.82) is 0 Å². The average molecular weight is 322 g/mol. The molecule has 0 fully saturated rings. The molecule has 0 bridgehead atoms. The molecule has 0 saturated heterocycles. The van der Waals surface area contributed by atoms with Crippen molar-refractivity contribution in [2.45, 2.75) is 58.2 Å². The highest BCUT2D eigenvalue weighted by molar-refractivity contribution is 5.85. The molecule has 2 N–H and O–H groups in total. The van der Waals surface area contributed by atoms with Crippen molar-refractivity contribution in [3.8, 4) is 0 Å². The van der Waals surface area contributed by atoms with Gasteiger partial charge in [-0.3, -0.25) is 4.79 Å². The number of hydrogen-bond acceptors (Lipinski definition) is 3. The van der Waals surface area contributed by atoms with Crippen LogP contribution in [0.4, 0.5) is 9.18 Å². The third-order valence-electron chi connectivity index (χ3n) is 3.66. The summed E-state index contributed by atoms with van der Waals surface area (Å²) in [6, 6.07) is 3.93. The largest absolute Gasteiger partial charge is 0.444 e. The van der Waals surface area contributed by atoms with E-state index in [-0.39, 0.29) is 17.8 Å². The summed E-state index contributed by atoms with van der Waals surface area (Å²) < 4.78 is 18.8. The molecule has 2 atom stereocenters. The van der Waals surface area contributed by atoms with Gasteiger partial charge in [0.25, 0.3) is 0 Å². The van der Waals surface area contributed by atoms with Crippen molar-refractivity contribution in [3.05, 3.63) is 35.1 Å². The highest BCUT2D eigenvalue weighted by Crippen LogP contribution is 2.32.